The molecule has 192 valence electrons. The van der Waals surface area contributed by atoms with Crippen LogP contribution in [-0.2, 0) is 11.2 Å². The Labute approximate surface area is 213 Å². The fourth-order valence-corrected chi connectivity index (χ4v) is 4.96. The minimum absolute atomic E-state index is 0.0439. The van der Waals surface area contributed by atoms with E-state index in [9.17, 15) is 9.59 Å². The fourth-order valence-electron chi connectivity index (χ4n) is 4.96. The number of nitrogens with zero attached hydrogens (tertiary/aromatic N) is 2. The Bertz CT molecular complexity index is 1140. The molecule has 1 fully saturated rings. The highest BCUT2D eigenvalue weighted by Crippen LogP contribution is 2.39. The predicted octanol–water partition coefficient (Wildman–Crippen LogP) is 3.96. The molecule has 4 rings (SSSR count). The van der Waals surface area contributed by atoms with Crippen molar-refractivity contribution >= 4 is 23.2 Å². The van der Waals surface area contributed by atoms with Crippen molar-refractivity contribution in [3.05, 3.63) is 59.3 Å². The quantitative estimate of drug-likeness (QED) is 0.660. The lowest BCUT2D eigenvalue weighted by Crippen LogP contribution is -2.40. The van der Waals surface area contributed by atoms with Crippen molar-refractivity contribution in [2.24, 2.45) is 5.92 Å². The number of fused-ring (bicyclic) bond motifs is 1. The number of hydrogen-bond acceptors (Lipinski definition) is 5. The molecule has 1 unspecified atom stereocenters. The van der Waals surface area contributed by atoms with Gasteiger partial charge in [-0.2, -0.15) is 0 Å². The Kier molecular flexibility index (Phi) is 7.84. The molecule has 3 amide bonds. The van der Waals surface area contributed by atoms with E-state index in [0.29, 0.717) is 17.9 Å². The molecule has 0 bridgehead atoms. The SMILES string of the molecule is CNC(=O)N1C=C(c2ccc(NC(=O)C3CCN(C)CC3)cc2)c2cc(OC)c(OC)cc2CC1C. The maximum absolute atomic E-state index is 12.8. The van der Waals surface area contributed by atoms with Crippen LogP contribution in [0.4, 0.5) is 10.5 Å². The molecular formula is C28H36N4O4. The summed E-state index contributed by atoms with van der Waals surface area (Å²) in [7, 11) is 6.96. The number of rotatable bonds is 5. The molecular weight excluding hydrogens is 456 g/mol. The number of methoxy groups -OCH3 is 2. The van der Waals surface area contributed by atoms with Crippen LogP contribution in [0.15, 0.2) is 42.6 Å². The molecule has 2 heterocycles. The van der Waals surface area contributed by atoms with Crippen molar-refractivity contribution in [1.29, 1.82) is 0 Å². The first-order chi connectivity index (χ1) is 17.3. The van der Waals surface area contributed by atoms with Crippen LogP contribution in [0, 0.1) is 5.92 Å². The number of carbonyl (C=O) groups is 2. The van der Waals surface area contributed by atoms with Gasteiger partial charge < -0.3 is 25.0 Å². The van der Waals surface area contributed by atoms with E-state index in [0.717, 1.165) is 53.9 Å². The van der Waals surface area contributed by atoms with Gasteiger partial charge in [0.25, 0.3) is 0 Å². The normalized spacial score (nSPS) is 18.5. The summed E-state index contributed by atoms with van der Waals surface area (Å²) in [5.74, 6) is 1.40. The molecule has 1 atom stereocenters. The van der Waals surface area contributed by atoms with Crippen molar-refractivity contribution in [3.63, 3.8) is 0 Å². The van der Waals surface area contributed by atoms with Crippen LogP contribution in [0.1, 0.15) is 36.5 Å². The van der Waals surface area contributed by atoms with Gasteiger partial charge in [-0.3, -0.25) is 9.69 Å². The van der Waals surface area contributed by atoms with E-state index in [4.69, 9.17) is 9.47 Å². The van der Waals surface area contributed by atoms with Gasteiger partial charge in [0.1, 0.15) is 0 Å². The van der Waals surface area contributed by atoms with Gasteiger partial charge in [-0.25, -0.2) is 4.79 Å². The van der Waals surface area contributed by atoms with E-state index in [1.54, 1.807) is 26.2 Å². The van der Waals surface area contributed by atoms with E-state index < -0.39 is 0 Å². The first kappa shape index (κ1) is 25.6. The zero-order valence-corrected chi connectivity index (χ0v) is 21.8. The zero-order valence-electron chi connectivity index (χ0n) is 21.8. The topological polar surface area (TPSA) is 83.1 Å². The summed E-state index contributed by atoms with van der Waals surface area (Å²) in [5, 5.41) is 5.82. The second-order valence-electron chi connectivity index (χ2n) is 9.57. The number of likely N-dealkylation sites (tertiary alicyclic amines) is 1. The van der Waals surface area contributed by atoms with Gasteiger partial charge in [0.2, 0.25) is 5.91 Å². The molecule has 2 N–H and O–H groups in total. The Morgan fingerprint density at radius 3 is 2.25 bits per heavy atom. The molecule has 0 saturated carbocycles. The highest BCUT2D eigenvalue weighted by Gasteiger charge is 2.27. The number of ether oxygens (including phenoxy) is 2. The van der Waals surface area contributed by atoms with E-state index in [1.165, 1.54) is 0 Å². The van der Waals surface area contributed by atoms with Gasteiger partial charge >= 0.3 is 6.03 Å². The molecule has 36 heavy (non-hydrogen) atoms. The van der Waals surface area contributed by atoms with Gasteiger partial charge in [-0.05, 0) is 87.3 Å². The largest absolute Gasteiger partial charge is 0.493 e. The van der Waals surface area contributed by atoms with Gasteiger partial charge in [0.15, 0.2) is 11.5 Å². The highest BCUT2D eigenvalue weighted by molar-refractivity contribution is 5.93. The third-order valence-corrected chi connectivity index (χ3v) is 7.16. The van der Waals surface area contributed by atoms with E-state index >= 15 is 0 Å². The van der Waals surface area contributed by atoms with Crippen LogP contribution in [-0.4, -0.2) is 69.2 Å². The summed E-state index contributed by atoms with van der Waals surface area (Å²) in [4.78, 5) is 29.5. The molecule has 2 aromatic rings. The molecule has 8 heteroatoms. The zero-order chi connectivity index (χ0) is 25.8. The number of nitrogens with one attached hydrogen (secondary N) is 2. The minimum atomic E-state index is -0.172. The maximum Gasteiger partial charge on any atom is 0.321 e. The summed E-state index contributed by atoms with van der Waals surface area (Å²) in [6.45, 7) is 3.91. The molecule has 1 saturated heterocycles. The third kappa shape index (κ3) is 5.33. The summed E-state index contributed by atoms with van der Waals surface area (Å²) in [6, 6.07) is 11.5. The maximum atomic E-state index is 12.8. The van der Waals surface area contributed by atoms with Crippen LogP contribution in [0.25, 0.3) is 5.57 Å². The molecule has 2 aliphatic rings. The van der Waals surface area contributed by atoms with Crippen molar-refractivity contribution in [2.75, 3.05) is 46.7 Å². The number of anilines is 1. The Morgan fingerprint density at radius 2 is 1.64 bits per heavy atom. The predicted molar refractivity (Wildman–Crippen MR) is 141 cm³/mol. The fraction of sp³-hybridized carbons (Fsp3) is 0.429. The molecule has 0 radical (unpaired) electrons. The molecule has 8 nitrogen and oxygen atoms in total. The second kappa shape index (κ2) is 11.0. The first-order valence-electron chi connectivity index (χ1n) is 12.4. The van der Waals surface area contributed by atoms with Crippen LogP contribution in [0.5, 0.6) is 11.5 Å². The minimum Gasteiger partial charge on any atom is -0.493 e. The lowest BCUT2D eigenvalue weighted by Gasteiger charge is -2.28. The highest BCUT2D eigenvalue weighted by atomic mass is 16.5. The summed E-state index contributed by atoms with van der Waals surface area (Å²) < 4.78 is 11.1. The molecule has 2 aromatic carbocycles. The number of urea groups is 1. The Hall–Kier alpha value is -3.52. The van der Waals surface area contributed by atoms with Crippen LogP contribution < -0.4 is 20.1 Å². The molecule has 2 aliphatic heterocycles. The van der Waals surface area contributed by atoms with Gasteiger partial charge in [-0.1, -0.05) is 12.1 Å². The van der Waals surface area contributed by atoms with Crippen molar-refractivity contribution in [3.8, 4) is 11.5 Å². The standard InChI is InChI=1S/C28H36N4O4/c1-18-14-21-15-25(35-4)26(36-5)16-23(21)24(17-32(18)28(34)29-2)19-6-8-22(9-7-19)30-27(33)20-10-12-31(3)13-11-20/h6-9,15-18,20H,10-14H2,1-5H3,(H,29,34)(H,30,33). The molecule has 0 aromatic heterocycles. The molecule has 0 aliphatic carbocycles. The van der Waals surface area contributed by atoms with Gasteiger partial charge in [0.05, 0.1) is 14.2 Å². The van der Waals surface area contributed by atoms with Crippen molar-refractivity contribution in [1.82, 2.24) is 15.1 Å². The number of benzene rings is 2. The molecule has 0 spiro atoms. The Balaban J connectivity index is 1.67. The Morgan fingerprint density at radius 1 is 1.00 bits per heavy atom. The average molecular weight is 493 g/mol. The average Bonchev–Trinajstić information content (AvgIpc) is 3.03. The first-order valence-corrected chi connectivity index (χ1v) is 12.4. The van der Waals surface area contributed by atoms with Crippen molar-refractivity contribution in [2.45, 2.75) is 32.2 Å². The third-order valence-electron chi connectivity index (χ3n) is 7.16. The van der Waals surface area contributed by atoms with Crippen LogP contribution >= 0.6 is 0 Å². The smallest absolute Gasteiger partial charge is 0.321 e. The summed E-state index contributed by atoms with van der Waals surface area (Å²) in [5.41, 5.74) is 4.64. The summed E-state index contributed by atoms with van der Waals surface area (Å²) in [6.07, 6.45) is 4.31. The second-order valence-corrected chi connectivity index (χ2v) is 9.57. The number of hydrogen-bond donors (Lipinski definition) is 2. The van der Waals surface area contributed by atoms with Gasteiger partial charge in [0, 0.05) is 36.5 Å². The summed E-state index contributed by atoms with van der Waals surface area (Å²) >= 11 is 0. The lowest BCUT2D eigenvalue weighted by atomic mass is 9.92. The number of amides is 3. The van der Waals surface area contributed by atoms with Crippen LogP contribution in [0.2, 0.25) is 0 Å². The number of piperidine rings is 1. The monoisotopic (exact) mass is 492 g/mol. The number of carbonyl (C=O) groups excluding carboxylic acids is 2. The lowest BCUT2D eigenvalue weighted by molar-refractivity contribution is -0.121. The van der Waals surface area contributed by atoms with E-state index in [2.05, 4.69) is 22.6 Å². The van der Waals surface area contributed by atoms with E-state index in [1.807, 2.05) is 49.5 Å². The van der Waals surface area contributed by atoms with Crippen molar-refractivity contribution < 1.29 is 19.1 Å². The van der Waals surface area contributed by atoms with Crippen LogP contribution in [0.3, 0.4) is 0 Å². The van der Waals surface area contributed by atoms with Gasteiger partial charge in [-0.15, -0.1) is 0 Å². The van der Waals surface area contributed by atoms with E-state index in [-0.39, 0.29) is 23.9 Å².